The van der Waals surface area contributed by atoms with Crippen LogP contribution in [0, 0.1) is 21.4 Å². The molecule has 0 saturated heterocycles. The molecule has 0 N–H and O–H groups in total. The molecule has 0 heterocycles. The van der Waals surface area contributed by atoms with Crippen LogP contribution in [0.3, 0.4) is 0 Å². The van der Waals surface area contributed by atoms with Gasteiger partial charge in [-0.05, 0) is 24.3 Å². The van der Waals surface area contributed by atoms with Gasteiger partial charge in [-0.1, -0.05) is 12.1 Å². The molecule has 0 spiro atoms. The van der Waals surface area contributed by atoms with Gasteiger partial charge in [0.1, 0.15) is 17.4 Å². The molecule has 0 saturated carbocycles. The van der Waals surface area contributed by atoms with Gasteiger partial charge >= 0.3 is 0 Å². The summed E-state index contributed by atoms with van der Waals surface area (Å²) in [5.74, 6) is 0.678. The summed E-state index contributed by atoms with van der Waals surface area (Å²) in [4.78, 5) is 12.1. The molecule has 0 radical (unpaired) electrons. The standard InChI is InChI=1S/C15H13N3O3/c1-17(14-5-3-4-6-15(14)21-2)12-7-8-13(18(19)20)11(9-12)10-16/h3-9H,1-2H3. The van der Waals surface area contributed by atoms with Crippen LogP contribution in [0.4, 0.5) is 17.1 Å². The Hall–Kier alpha value is -3.07. The third kappa shape index (κ3) is 2.77. The zero-order valence-electron chi connectivity index (χ0n) is 11.6. The fraction of sp³-hybridized carbons (Fsp3) is 0.133. The Morgan fingerprint density at radius 3 is 2.62 bits per heavy atom. The number of methoxy groups -OCH3 is 1. The summed E-state index contributed by atoms with van der Waals surface area (Å²) in [5, 5.41) is 19.9. The molecule has 6 nitrogen and oxygen atoms in total. The van der Waals surface area contributed by atoms with Crippen molar-refractivity contribution in [3.63, 3.8) is 0 Å². The smallest absolute Gasteiger partial charge is 0.287 e. The fourth-order valence-corrected chi connectivity index (χ4v) is 2.03. The van der Waals surface area contributed by atoms with Gasteiger partial charge in [-0.3, -0.25) is 10.1 Å². The number of hydrogen-bond donors (Lipinski definition) is 0. The molecule has 0 aliphatic carbocycles. The molecule has 2 aromatic carbocycles. The lowest BCUT2D eigenvalue weighted by atomic mass is 10.1. The molecular formula is C15H13N3O3. The van der Waals surface area contributed by atoms with E-state index in [2.05, 4.69) is 0 Å². The summed E-state index contributed by atoms with van der Waals surface area (Å²) >= 11 is 0. The van der Waals surface area contributed by atoms with E-state index in [1.165, 1.54) is 12.1 Å². The minimum absolute atomic E-state index is 0.0271. The van der Waals surface area contributed by atoms with Gasteiger partial charge < -0.3 is 9.64 Å². The van der Waals surface area contributed by atoms with Gasteiger partial charge in [-0.2, -0.15) is 5.26 Å². The SMILES string of the molecule is COc1ccccc1N(C)c1ccc([N+](=O)[O-])c(C#N)c1. The van der Waals surface area contributed by atoms with Crippen LogP contribution >= 0.6 is 0 Å². The number of hydrogen-bond acceptors (Lipinski definition) is 5. The summed E-state index contributed by atoms with van der Waals surface area (Å²) < 4.78 is 5.29. The van der Waals surface area contributed by atoms with E-state index in [0.717, 1.165) is 5.69 Å². The number of nitro groups is 1. The minimum Gasteiger partial charge on any atom is -0.495 e. The normalized spacial score (nSPS) is 9.76. The lowest BCUT2D eigenvalue weighted by Gasteiger charge is -2.21. The molecule has 0 aliphatic heterocycles. The van der Waals surface area contributed by atoms with Crippen LogP contribution in [0.5, 0.6) is 5.75 Å². The summed E-state index contributed by atoms with van der Waals surface area (Å²) in [6.07, 6.45) is 0. The van der Waals surface area contributed by atoms with Crippen LogP contribution in [0.2, 0.25) is 0 Å². The molecule has 2 aromatic rings. The second-order valence-corrected chi connectivity index (χ2v) is 4.30. The molecule has 2 rings (SSSR count). The van der Waals surface area contributed by atoms with Crippen LogP contribution in [0.1, 0.15) is 5.56 Å². The lowest BCUT2D eigenvalue weighted by molar-refractivity contribution is -0.385. The summed E-state index contributed by atoms with van der Waals surface area (Å²) in [6.45, 7) is 0. The second kappa shape index (κ2) is 5.92. The quantitative estimate of drug-likeness (QED) is 0.635. The van der Waals surface area contributed by atoms with Gasteiger partial charge in [0.25, 0.3) is 5.69 Å². The maximum absolute atomic E-state index is 10.9. The van der Waals surface area contributed by atoms with Crippen molar-refractivity contribution in [3.05, 3.63) is 58.1 Å². The number of anilines is 2. The molecule has 21 heavy (non-hydrogen) atoms. The van der Waals surface area contributed by atoms with Gasteiger partial charge in [-0.15, -0.1) is 0 Å². The minimum atomic E-state index is -0.564. The van der Waals surface area contributed by atoms with Gasteiger partial charge in [-0.25, -0.2) is 0 Å². The second-order valence-electron chi connectivity index (χ2n) is 4.30. The van der Waals surface area contributed by atoms with Gasteiger partial charge in [0.15, 0.2) is 0 Å². The van der Waals surface area contributed by atoms with E-state index in [1.54, 1.807) is 20.2 Å². The Morgan fingerprint density at radius 1 is 1.29 bits per heavy atom. The van der Waals surface area contributed by atoms with Crippen LogP contribution in [-0.4, -0.2) is 19.1 Å². The highest BCUT2D eigenvalue weighted by molar-refractivity contribution is 5.71. The first-order valence-corrected chi connectivity index (χ1v) is 6.13. The molecule has 0 bridgehead atoms. The van der Waals surface area contributed by atoms with E-state index in [9.17, 15) is 10.1 Å². The van der Waals surface area contributed by atoms with Gasteiger partial charge in [0.05, 0.1) is 17.7 Å². The first kappa shape index (κ1) is 14.3. The van der Waals surface area contributed by atoms with E-state index in [1.807, 2.05) is 35.2 Å². The maximum Gasteiger partial charge on any atom is 0.287 e. The Balaban J connectivity index is 2.47. The molecule has 106 valence electrons. The highest BCUT2D eigenvalue weighted by atomic mass is 16.6. The number of benzene rings is 2. The number of nitriles is 1. The zero-order valence-corrected chi connectivity index (χ0v) is 11.6. The van der Waals surface area contributed by atoms with Crippen LogP contribution in [0.25, 0.3) is 0 Å². The van der Waals surface area contributed by atoms with E-state index < -0.39 is 4.92 Å². The van der Waals surface area contributed by atoms with Crippen LogP contribution in [-0.2, 0) is 0 Å². The molecule has 0 aliphatic rings. The predicted octanol–water partition coefficient (Wildman–Crippen LogP) is 3.24. The van der Waals surface area contributed by atoms with Crippen molar-refractivity contribution >= 4 is 17.1 Å². The van der Waals surface area contributed by atoms with E-state index >= 15 is 0 Å². The van der Waals surface area contributed by atoms with Crippen molar-refractivity contribution in [1.82, 2.24) is 0 Å². The molecule has 0 aromatic heterocycles. The number of nitro benzene ring substituents is 1. The molecule has 0 fully saturated rings. The third-order valence-corrected chi connectivity index (χ3v) is 3.13. The summed E-state index contributed by atoms with van der Waals surface area (Å²) in [6, 6.07) is 13.7. The Bertz CT molecular complexity index is 722. The fourth-order valence-electron chi connectivity index (χ4n) is 2.03. The lowest BCUT2D eigenvalue weighted by Crippen LogP contribution is -2.11. The number of para-hydroxylation sites is 2. The molecule has 0 amide bonds. The predicted molar refractivity (Wildman–Crippen MR) is 78.9 cm³/mol. The first-order valence-electron chi connectivity index (χ1n) is 6.13. The van der Waals surface area contributed by atoms with E-state index in [-0.39, 0.29) is 11.3 Å². The Kier molecular flexibility index (Phi) is 4.05. The van der Waals surface area contributed by atoms with Crippen molar-refractivity contribution in [3.8, 4) is 11.8 Å². The number of nitrogens with zero attached hydrogens (tertiary/aromatic N) is 3. The average molecular weight is 283 g/mol. The van der Waals surface area contributed by atoms with Gasteiger partial charge in [0.2, 0.25) is 0 Å². The van der Waals surface area contributed by atoms with Crippen molar-refractivity contribution in [2.75, 3.05) is 19.1 Å². The largest absolute Gasteiger partial charge is 0.495 e. The monoisotopic (exact) mass is 283 g/mol. The number of rotatable bonds is 4. The summed E-state index contributed by atoms with van der Waals surface area (Å²) in [5.41, 5.74) is 1.30. The van der Waals surface area contributed by atoms with Crippen molar-refractivity contribution < 1.29 is 9.66 Å². The Morgan fingerprint density at radius 2 is 2.00 bits per heavy atom. The molecule has 0 atom stereocenters. The first-order chi connectivity index (χ1) is 10.1. The highest BCUT2D eigenvalue weighted by Gasteiger charge is 2.16. The third-order valence-electron chi connectivity index (χ3n) is 3.13. The van der Waals surface area contributed by atoms with Crippen molar-refractivity contribution in [2.24, 2.45) is 0 Å². The van der Waals surface area contributed by atoms with Crippen molar-refractivity contribution in [2.45, 2.75) is 0 Å². The van der Waals surface area contributed by atoms with Crippen molar-refractivity contribution in [1.29, 1.82) is 5.26 Å². The Labute approximate surface area is 122 Å². The molecule has 0 unspecified atom stereocenters. The highest BCUT2D eigenvalue weighted by Crippen LogP contribution is 2.33. The topological polar surface area (TPSA) is 79.4 Å². The zero-order chi connectivity index (χ0) is 15.4. The van der Waals surface area contributed by atoms with Crippen LogP contribution in [0.15, 0.2) is 42.5 Å². The van der Waals surface area contributed by atoms with E-state index in [4.69, 9.17) is 10.00 Å². The average Bonchev–Trinajstić information content (AvgIpc) is 2.53. The number of ether oxygens (including phenoxy) is 1. The maximum atomic E-state index is 10.9. The molecule has 6 heteroatoms. The molecular weight excluding hydrogens is 270 g/mol. The van der Waals surface area contributed by atoms with Gasteiger partial charge in [0, 0.05) is 18.8 Å². The van der Waals surface area contributed by atoms with E-state index in [0.29, 0.717) is 11.4 Å². The van der Waals surface area contributed by atoms with Crippen LogP contribution < -0.4 is 9.64 Å². The summed E-state index contributed by atoms with van der Waals surface area (Å²) in [7, 11) is 3.38.